The summed E-state index contributed by atoms with van der Waals surface area (Å²) >= 11 is 9.71. The number of halogens is 2. The minimum Gasteiger partial charge on any atom is -0.495 e. The highest BCUT2D eigenvalue weighted by Gasteiger charge is 2.64. The van der Waals surface area contributed by atoms with Gasteiger partial charge in [-0.05, 0) is 35.9 Å². The molecule has 9 nitrogen and oxygen atoms in total. The number of rotatable bonds is 5. The number of fused-ring (bicyclic) bond motifs is 5. The number of benzene rings is 3. The van der Waals surface area contributed by atoms with Crippen molar-refractivity contribution in [1.29, 1.82) is 0 Å². The normalized spacial score (nSPS) is 22.9. The number of hydrogen-bond donors (Lipinski definition) is 0. The molecule has 2 fully saturated rings. The van der Waals surface area contributed by atoms with Gasteiger partial charge in [-0.2, -0.15) is 0 Å². The number of carbonyl (C=O) groups is 3. The number of Topliss-reactive ketones (excluding diaryl/α,β-unsaturated/α-hetero) is 1. The van der Waals surface area contributed by atoms with E-state index in [1.807, 2.05) is 23.1 Å². The van der Waals surface area contributed by atoms with Gasteiger partial charge in [0.25, 0.3) is 5.69 Å². The van der Waals surface area contributed by atoms with Crippen molar-refractivity contribution in [2.45, 2.75) is 12.1 Å². The Hall–Kier alpha value is -4.02. The third-order valence-corrected chi connectivity index (χ3v) is 8.25. The number of imide groups is 1. The minimum atomic E-state index is -1.04. The van der Waals surface area contributed by atoms with Crippen molar-refractivity contribution < 1.29 is 24.0 Å². The molecule has 3 heterocycles. The predicted molar refractivity (Wildman–Crippen MR) is 148 cm³/mol. The molecule has 0 spiro atoms. The van der Waals surface area contributed by atoms with E-state index in [1.165, 1.54) is 19.2 Å². The van der Waals surface area contributed by atoms with Crippen molar-refractivity contribution in [3.05, 3.63) is 97.5 Å². The lowest BCUT2D eigenvalue weighted by atomic mass is 9.86. The molecule has 3 aromatic carbocycles. The third-order valence-electron chi connectivity index (χ3n) is 7.48. The van der Waals surface area contributed by atoms with Crippen molar-refractivity contribution in [3.8, 4) is 5.75 Å². The molecule has 0 saturated carbocycles. The lowest BCUT2D eigenvalue weighted by Gasteiger charge is -2.36. The minimum absolute atomic E-state index is 0.0271. The Morgan fingerprint density at radius 2 is 1.72 bits per heavy atom. The summed E-state index contributed by atoms with van der Waals surface area (Å²) in [4.78, 5) is 55.8. The molecule has 3 aromatic rings. The van der Waals surface area contributed by atoms with Crippen LogP contribution in [-0.4, -0.2) is 41.7 Å². The van der Waals surface area contributed by atoms with Gasteiger partial charge < -0.3 is 9.64 Å². The van der Waals surface area contributed by atoms with E-state index in [2.05, 4.69) is 15.9 Å². The van der Waals surface area contributed by atoms with Gasteiger partial charge in [0.1, 0.15) is 17.5 Å². The topological polar surface area (TPSA) is 110 Å². The average molecular weight is 609 g/mol. The van der Waals surface area contributed by atoms with Gasteiger partial charge in [-0.25, -0.2) is 4.90 Å². The monoisotopic (exact) mass is 607 g/mol. The molecule has 0 radical (unpaired) electrons. The maximum atomic E-state index is 14.1. The van der Waals surface area contributed by atoms with Crippen LogP contribution in [0.2, 0.25) is 5.02 Å². The van der Waals surface area contributed by atoms with Crippen LogP contribution in [0.4, 0.5) is 17.1 Å². The second kappa shape index (κ2) is 9.32. The van der Waals surface area contributed by atoms with Gasteiger partial charge in [0, 0.05) is 32.9 Å². The number of ketones is 1. The third kappa shape index (κ3) is 3.85. The van der Waals surface area contributed by atoms with E-state index in [0.29, 0.717) is 16.3 Å². The quantitative estimate of drug-likeness (QED) is 0.168. The molecule has 4 atom stereocenters. The SMILES string of the molecule is COc1ccc([N+](=O)[O-])cc1N1C(=O)[C@@H]2[C@H](C1=O)[C@H](C(=O)c1ccc(Br)cc1)N1c3cc(Cl)ccc3C=C[C@H]21. The summed E-state index contributed by atoms with van der Waals surface area (Å²) in [6, 6.07) is 14.2. The first-order valence-electron chi connectivity index (χ1n) is 12.0. The Bertz CT molecular complexity index is 1610. The Morgan fingerprint density at radius 3 is 2.41 bits per heavy atom. The van der Waals surface area contributed by atoms with Crippen LogP contribution in [0.1, 0.15) is 15.9 Å². The molecule has 0 aliphatic carbocycles. The standard InChI is InChI=1S/C28H19BrClN3O6/c1-39-22-11-9-18(33(37)38)13-21(22)32-27(35)23-19-10-5-14-4-8-17(30)12-20(14)31(19)25(24(23)28(32)36)26(34)15-2-6-16(29)7-3-15/h2-13,19,23-25H,1H3/t19-,23+,24+,25-/m1/s1. The molecule has 39 heavy (non-hydrogen) atoms. The second-order valence-electron chi connectivity index (χ2n) is 9.45. The van der Waals surface area contributed by atoms with Gasteiger partial charge in [-0.15, -0.1) is 0 Å². The second-order valence-corrected chi connectivity index (χ2v) is 10.8. The zero-order chi connectivity index (χ0) is 27.6. The molecule has 2 saturated heterocycles. The lowest BCUT2D eigenvalue weighted by molar-refractivity contribution is -0.384. The zero-order valence-electron chi connectivity index (χ0n) is 20.3. The van der Waals surface area contributed by atoms with Crippen LogP contribution in [0, 0.1) is 22.0 Å². The maximum absolute atomic E-state index is 14.1. The molecule has 6 rings (SSSR count). The van der Waals surface area contributed by atoms with Gasteiger partial charge >= 0.3 is 0 Å². The molecule has 0 bridgehead atoms. The summed E-state index contributed by atoms with van der Waals surface area (Å²) in [7, 11) is 1.35. The number of ether oxygens (including phenoxy) is 1. The summed E-state index contributed by atoms with van der Waals surface area (Å²) in [5, 5.41) is 11.9. The van der Waals surface area contributed by atoms with Gasteiger partial charge in [0.15, 0.2) is 5.78 Å². The fraction of sp³-hybridized carbons (Fsp3) is 0.179. The lowest BCUT2D eigenvalue weighted by Crippen LogP contribution is -2.48. The highest BCUT2D eigenvalue weighted by molar-refractivity contribution is 9.10. The molecule has 3 aliphatic rings. The van der Waals surface area contributed by atoms with E-state index < -0.39 is 40.7 Å². The van der Waals surface area contributed by atoms with Gasteiger partial charge in [0.05, 0.1) is 29.9 Å². The number of carbonyl (C=O) groups excluding carboxylic acids is 3. The van der Waals surface area contributed by atoms with Crippen molar-refractivity contribution in [2.75, 3.05) is 16.9 Å². The molecule has 196 valence electrons. The number of non-ortho nitro benzene ring substituents is 1. The van der Waals surface area contributed by atoms with Crippen molar-refractivity contribution in [2.24, 2.45) is 11.8 Å². The summed E-state index contributed by atoms with van der Waals surface area (Å²) in [6.07, 6.45) is 3.67. The van der Waals surface area contributed by atoms with Gasteiger partial charge in [0.2, 0.25) is 11.8 Å². The number of nitro groups is 1. The van der Waals surface area contributed by atoms with Crippen molar-refractivity contribution >= 4 is 68.3 Å². The molecular formula is C28H19BrClN3O6. The number of nitro benzene ring substituents is 1. The summed E-state index contributed by atoms with van der Waals surface area (Å²) in [6.45, 7) is 0. The van der Waals surface area contributed by atoms with Crippen LogP contribution in [0.15, 0.2) is 71.2 Å². The molecule has 0 N–H and O–H groups in total. The first kappa shape index (κ1) is 25.3. The van der Waals surface area contributed by atoms with E-state index in [-0.39, 0.29) is 22.9 Å². The first-order valence-corrected chi connectivity index (χ1v) is 13.1. The molecular weight excluding hydrogens is 590 g/mol. The Morgan fingerprint density at radius 1 is 1.00 bits per heavy atom. The predicted octanol–water partition coefficient (Wildman–Crippen LogP) is 5.29. The van der Waals surface area contributed by atoms with Crippen LogP contribution in [-0.2, 0) is 9.59 Å². The fourth-order valence-electron chi connectivity index (χ4n) is 5.82. The van der Waals surface area contributed by atoms with Crippen LogP contribution < -0.4 is 14.5 Å². The first-order chi connectivity index (χ1) is 18.7. The van der Waals surface area contributed by atoms with E-state index in [0.717, 1.165) is 21.0 Å². The average Bonchev–Trinajstić information content (AvgIpc) is 3.40. The van der Waals surface area contributed by atoms with E-state index in [9.17, 15) is 24.5 Å². The van der Waals surface area contributed by atoms with Gasteiger partial charge in [-0.3, -0.25) is 24.5 Å². The Labute approximate surface area is 235 Å². The van der Waals surface area contributed by atoms with Crippen LogP contribution >= 0.6 is 27.5 Å². The molecule has 0 unspecified atom stereocenters. The zero-order valence-corrected chi connectivity index (χ0v) is 22.6. The fourth-order valence-corrected chi connectivity index (χ4v) is 6.25. The number of anilines is 2. The summed E-state index contributed by atoms with van der Waals surface area (Å²) in [5.74, 6) is -3.32. The van der Waals surface area contributed by atoms with Crippen LogP contribution in [0.3, 0.4) is 0 Å². The Balaban J connectivity index is 1.51. The highest BCUT2D eigenvalue weighted by atomic mass is 79.9. The Kier molecular flexibility index (Phi) is 6.04. The molecule has 0 aromatic heterocycles. The molecule has 2 amide bonds. The molecule has 11 heteroatoms. The molecule has 3 aliphatic heterocycles. The van der Waals surface area contributed by atoms with Crippen molar-refractivity contribution in [1.82, 2.24) is 0 Å². The summed E-state index contributed by atoms with van der Waals surface area (Å²) in [5.41, 5.74) is 1.52. The van der Waals surface area contributed by atoms with E-state index >= 15 is 0 Å². The largest absolute Gasteiger partial charge is 0.495 e. The van der Waals surface area contributed by atoms with Crippen molar-refractivity contribution in [3.63, 3.8) is 0 Å². The van der Waals surface area contributed by atoms with Crippen LogP contribution in [0.25, 0.3) is 6.08 Å². The number of amides is 2. The summed E-state index contributed by atoms with van der Waals surface area (Å²) < 4.78 is 6.14. The smallest absolute Gasteiger partial charge is 0.271 e. The van der Waals surface area contributed by atoms with Gasteiger partial charge in [-0.1, -0.05) is 57.9 Å². The number of nitrogens with zero attached hydrogens (tertiary/aromatic N) is 3. The van der Waals surface area contributed by atoms with Crippen LogP contribution in [0.5, 0.6) is 5.75 Å². The van der Waals surface area contributed by atoms with E-state index in [1.54, 1.807) is 36.4 Å². The van der Waals surface area contributed by atoms with E-state index in [4.69, 9.17) is 16.3 Å². The highest BCUT2D eigenvalue weighted by Crippen LogP contribution is 2.51. The maximum Gasteiger partial charge on any atom is 0.271 e. The number of hydrogen-bond acceptors (Lipinski definition) is 7. The number of methoxy groups -OCH3 is 1.